The second kappa shape index (κ2) is 8.23. The Morgan fingerprint density at radius 3 is 2.59 bits per heavy atom. The van der Waals surface area contributed by atoms with Crippen molar-refractivity contribution in [2.24, 2.45) is 0 Å². The summed E-state index contributed by atoms with van der Waals surface area (Å²) in [7, 11) is 0.994. The summed E-state index contributed by atoms with van der Waals surface area (Å²) < 4.78 is 78.1. The molecule has 3 aromatic rings. The SMILES string of the molecule is COc1ccnc(CS(=O)c2nc3cc(OC)c(OC(F)(F)C(F)F)cc3[nH]2)c1. The molecule has 1 aromatic carbocycles. The third-order valence-electron chi connectivity index (χ3n) is 3.76. The number of hydrogen-bond donors (Lipinski definition) is 1. The minimum Gasteiger partial charge on any atom is -0.497 e. The second-order valence-corrected chi connectivity index (χ2v) is 7.07. The smallest absolute Gasteiger partial charge is 0.461 e. The Morgan fingerprint density at radius 2 is 1.93 bits per heavy atom. The van der Waals surface area contributed by atoms with Crippen molar-refractivity contribution in [1.29, 1.82) is 0 Å². The molecule has 156 valence electrons. The third-order valence-corrected chi connectivity index (χ3v) is 4.95. The van der Waals surface area contributed by atoms with Gasteiger partial charge in [-0.1, -0.05) is 0 Å². The number of imidazole rings is 1. The van der Waals surface area contributed by atoms with Gasteiger partial charge < -0.3 is 19.2 Å². The fourth-order valence-electron chi connectivity index (χ4n) is 2.40. The highest BCUT2D eigenvalue weighted by Crippen LogP contribution is 2.37. The van der Waals surface area contributed by atoms with E-state index in [2.05, 4.69) is 19.7 Å². The van der Waals surface area contributed by atoms with Crippen molar-refractivity contribution in [1.82, 2.24) is 15.0 Å². The fourth-order valence-corrected chi connectivity index (χ4v) is 3.38. The van der Waals surface area contributed by atoms with E-state index in [0.717, 1.165) is 13.2 Å². The molecular formula is C17H15F4N3O4S. The monoisotopic (exact) mass is 433 g/mol. The number of aromatic nitrogens is 3. The van der Waals surface area contributed by atoms with Gasteiger partial charge in [0.05, 0.1) is 47.5 Å². The molecule has 1 N–H and O–H groups in total. The number of benzene rings is 1. The van der Waals surface area contributed by atoms with Gasteiger partial charge in [-0.3, -0.25) is 9.19 Å². The highest BCUT2D eigenvalue weighted by Gasteiger charge is 2.44. The van der Waals surface area contributed by atoms with Crippen LogP contribution in [0.4, 0.5) is 17.6 Å². The summed E-state index contributed by atoms with van der Waals surface area (Å²) in [6, 6.07) is 5.49. The molecule has 0 bridgehead atoms. The van der Waals surface area contributed by atoms with Crippen molar-refractivity contribution >= 4 is 21.8 Å². The van der Waals surface area contributed by atoms with E-state index in [0.29, 0.717) is 11.4 Å². The number of nitrogens with zero attached hydrogens (tertiary/aromatic N) is 2. The molecule has 0 radical (unpaired) electrons. The normalized spacial score (nSPS) is 12.9. The molecule has 1 atom stereocenters. The van der Waals surface area contributed by atoms with E-state index < -0.39 is 29.1 Å². The van der Waals surface area contributed by atoms with Crippen molar-refractivity contribution in [3.8, 4) is 17.2 Å². The summed E-state index contributed by atoms with van der Waals surface area (Å²) in [4.78, 5) is 11.0. The molecule has 2 aromatic heterocycles. The first-order chi connectivity index (χ1) is 13.7. The van der Waals surface area contributed by atoms with Crippen LogP contribution in [0.2, 0.25) is 0 Å². The topological polar surface area (TPSA) is 86.3 Å². The van der Waals surface area contributed by atoms with Gasteiger partial charge >= 0.3 is 12.5 Å². The Hall–Kier alpha value is -2.89. The van der Waals surface area contributed by atoms with Gasteiger partial charge in [0.15, 0.2) is 16.7 Å². The number of methoxy groups -OCH3 is 2. The van der Waals surface area contributed by atoms with E-state index in [-0.39, 0.29) is 27.7 Å². The van der Waals surface area contributed by atoms with Gasteiger partial charge in [0, 0.05) is 24.4 Å². The summed E-state index contributed by atoms with van der Waals surface area (Å²) in [6.45, 7) is 0. The lowest BCUT2D eigenvalue weighted by molar-refractivity contribution is -0.253. The first kappa shape index (κ1) is 20.8. The van der Waals surface area contributed by atoms with Gasteiger partial charge in [-0.25, -0.2) is 4.98 Å². The number of H-pyrrole nitrogens is 1. The summed E-state index contributed by atoms with van der Waals surface area (Å²) in [5, 5.41) is 0.0458. The first-order valence-electron chi connectivity index (χ1n) is 8.03. The fraction of sp³-hybridized carbons (Fsp3) is 0.294. The van der Waals surface area contributed by atoms with Crippen molar-refractivity contribution in [2.75, 3.05) is 14.2 Å². The average molecular weight is 433 g/mol. The molecule has 3 rings (SSSR count). The van der Waals surface area contributed by atoms with E-state index in [4.69, 9.17) is 9.47 Å². The van der Waals surface area contributed by atoms with Crippen LogP contribution in [0.15, 0.2) is 35.6 Å². The maximum atomic E-state index is 13.3. The molecule has 0 saturated carbocycles. The molecule has 7 nitrogen and oxygen atoms in total. The van der Waals surface area contributed by atoms with Crippen LogP contribution in [0.5, 0.6) is 17.2 Å². The molecule has 12 heteroatoms. The van der Waals surface area contributed by atoms with Crippen molar-refractivity contribution < 1.29 is 36.0 Å². The van der Waals surface area contributed by atoms with Gasteiger partial charge in [-0.2, -0.15) is 17.6 Å². The lowest BCUT2D eigenvalue weighted by Gasteiger charge is -2.18. The van der Waals surface area contributed by atoms with E-state index in [1.165, 1.54) is 19.4 Å². The second-order valence-electron chi connectivity index (χ2n) is 5.70. The van der Waals surface area contributed by atoms with Crippen LogP contribution >= 0.6 is 0 Å². The Kier molecular flexibility index (Phi) is 5.91. The van der Waals surface area contributed by atoms with Crippen LogP contribution in [0.1, 0.15) is 5.69 Å². The molecule has 0 spiro atoms. The van der Waals surface area contributed by atoms with Crippen molar-refractivity contribution in [3.63, 3.8) is 0 Å². The molecule has 0 fully saturated rings. The van der Waals surface area contributed by atoms with Crippen LogP contribution in [0.25, 0.3) is 11.0 Å². The van der Waals surface area contributed by atoms with E-state index in [1.807, 2.05) is 0 Å². The summed E-state index contributed by atoms with van der Waals surface area (Å²) in [5.74, 6) is -0.277. The van der Waals surface area contributed by atoms with Gasteiger partial charge in [0.1, 0.15) is 5.75 Å². The standard InChI is InChI=1S/C17H15F4N3O4S/c1-26-10-3-4-22-9(5-10)8-29(25)16-23-11-6-13(27-2)14(7-12(11)24-16)28-17(20,21)15(18)19/h3-7,15H,8H2,1-2H3,(H,23,24). The molecule has 0 saturated heterocycles. The molecule has 29 heavy (non-hydrogen) atoms. The first-order valence-corrected chi connectivity index (χ1v) is 9.35. The zero-order chi connectivity index (χ0) is 21.2. The summed E-state index contributed by atoms with van der Waals surface area (Å²) in [5.41, 5.74) is 0.880. The number of ether oxygens (including phenoxy) is 3. The number of fused-ring (bicyclic) bond motifs is 1. The molecule has 0 aliphatic carbocycles. The Balaban J connectivity index is 1.90. The van der Waals surface area contributed by atoms with Crippen LogP contribution in [0, 0.1) is 0 Å². The van der Waals surface area contributed by atoms with Gasteiger partial charge in [0.25, 0.3) is 0 Å². The number of pyridine rings is 1. The van der Waals surface area contributed by atoms with E-state index in [9.17, 15) is 21.8 Å². The van der Waals surface area contributed by atoms with Crippen LogP contribution < -0.4 is 14.2 Å². The number of halogens is 4. The highest BCUT2D eigenvalue weighted by molar-refractivity contribution is 7.84. The largest absolute Gasteiger partial charge is 0.497 e. The van der Waals surface area contributed by atoms with Crippen LogP contribution in [-0.4, -0.2) is 45.9 Å². The van der Waals surface area contributed by atoms with Gasteiger partial charge in [-0.15, -0.1) is 0 Å². The summed E-state index contributed by atoms with van der Waals surface area (Å²) in [6.07, 6.45) is -7.23. The van der Waals surface area contributed by atoms with Gasteiger partial charge in [-0.05, 0) is 6.07 Å². The molecule has 0 aliphatic heterocycles. The molecule has 2 heterocycles. The minimum atomic E-state index is -4.70. The predicted molar refractivity (Wildman–Crippen MR) is 95.1 cm³/mol. The molecule has 0 aliphatic rings. The number of rotatable bonds is 8. The van der Waals surface area contributed by atoms with Gasteiger partial charge in [0.2, 0.25) is 0 Å². The lowest BCUT2D eigenvalue weighted by Crippen LogP contribution is -2.33. The zero-order valence-electron chi connectivity index (χ0n) is 15.1. The zero-order valence-corrected chi connectivity index (χ0v) is 15.9. The highest BCUT2D eigenvalue weighted by atomic mass is 32.2. The maximum absolute atomic E-state index is 13.3. The number of aromatic amines is 1. The Morgan fingerprint density at radius 1 is 1.17 bits per heavy atom. The minimum absolute atomic E-state index is 0.0148. The number of nitrogens with one attached hydrogen (secondary N) is 1. The molecular weight excluding hydrogens is 418 g/mol. The number of hydrogen-bond acceptors (Lipinski definition) is 6. The van der Waals surface area contributed by atoms with Crippen molar-refractivity contribution in [3.05, 3.63) is 36.2 Å². The maximum Gasteiger partial charge on any atom is 0.461 e. The average Bonchev–Trinajstić information content (AvgIpc) is 3.10. The molecule has 1 unspecified atom stereocenters. The Bertz CT molecular complexity index is 1040. The lowest BCUT2D eigenvalue weighted by atomic mass is 10.2. The Labute approximate surface area is 164 Å². The quantitative estimate of drug-likeness (QED) is 0.547. The van der Waals surface area contributed by atoms with Crippen LogP contribution in [-0.2, 0) is 16.6 Å². The third kappa shape index (κ3) is 4.58. The number of alkyl halides is 4. The van der Waals surface area contributed by atoms with Crippen LogP contribution in [0.3, 0.4) is 0 Å². The van der Waals surface area contributed by atoms with E-state index in [1.54, 1.807) is 12.1 Å². The molecule has 0 amide bonds. The summed E-state index contributed by atoms with van der Waals surface area (Å²) >= 11 is 0. The van der Waals surface area contributed by atoms with E-state index >= 15 is 0 Å². The van der Waals surface area contributed by atoms with Crippen molar-refractivity contribution in [2.45, 2.75) is 23.4 Å². The predicted octanol–water partition coefficient (Wildman–Crippen LogP) is 3.52.